The second kappa shape index (κ2) is 9.39. The molecule has 1 N–H and O–H groups in total. The van der Waals surface area contributed by atoms with Crippen molar-refractivity contribution in [2.75, 3.05) is 18.2 Å². The molecule has 3 aromatic rings. The maximum Gasteiger partial charge on any atom is 0.357 e. The molecular weight excluding hydrogens is 427 g/mol. The van der Waals surface area contributed by atoms with Crippen LogP contribution in [0.25, 0.3) is 5.69 Å². The molecule has 0 radical (unpaired) electrons. The number of thioether (sulfide) groups is 1. The summed E-state index contributed by atoms with van der Waals surface area (Å²) in [5.41, 5.74) is 0.936. The summed E-state index contributed by atoms with van der Waals surface area (Å²) in [4.78, 5) is 39.4. The van der Waals surface area contributed by atoms with Gasteiger partial charge >= 0.3 is 5.97 Å². The zero-order valence-corrected chi connectivity index (χ0v) is 17.3. The molecule has 0 saturated heterocycles. The average molecular weight is 444 g/mol. The summed E-state index contributed by atoms with van der Waals surface area (Å²) < 4.78 is 19.8. The molecule has 0 bridgehead atoms. The van der Waals surface area contributed by atoms with Gasteiger partial charge in [0.15, 0.2) is 17.5 Å². The Hall–Kier alpha value is -3.73. The van der Waals surface area contributed by atoms with Crippen LogP contribution in [0, 0.1) is 22.9 Å². The van der Waals surface area contributed by atoms with Crippen LogP contribution >= 0.6 is 11.8 Å². The third-order valence-corrected chi connectivity index (χ3v) is 4.82. The fraction of sp³-hybridized carbons (Fsp3) is 0.150. The van der Waals surface area contributed by atoms with Crippen molar-refractivity contribution in [1.29, 1.82) is 0 Å². The zero-order chi connectivity index (χ0) is 22.5. The van der Waals surface area contributed by atoms with Crippen molar-refractivity contribution in [2.45, 2.75) is 12.1 Å². The minimum atomic E-state index is -0.828. The molecule has 1 amide bonds. The number of halogens is 1. The molecule has 0 atom stereocenters. The number of rotatable bonds is 7. The van der Waals surface area contributed by atoms with E-state index in [2.05, 4.69) is 10.3 Å². The first kappa shape index (κ1) is 22.0. The van der Waals surface area contributed by atoms with E-state index in [1.165, 1.54) is 58.9 Å². The van der Waals surface area contributed by atoms with Crippen molar-refractivity contribution in [3.8, 4) is 5.69 Å². The highest BCUT2D eigenvalue weighted by atomic mass is 32.2. The molecule has 160 valence electrons. The minimum absolute atomic E-state index is 0.00216. The number of carbonyl (C=O) groups is 2. The first-order chi connectivity index (χ1) is 14.8. The van der Waals surface area contributed by atoms with Gasteiger partial charge in [-0.15, -0.1) is 0 Å². The highest BCUT2D eigenvalue weighted by molar-refractivity contribution is 7.98. The van der Waals surface area contributed by atoms with Gasteiger partial charge in [0.2, 0.25) is 0 Å². The van der Waals surface area contributed by atoms with Crippen molar-refractivity contribution < 1.29 is 23.6 Å². The number of hydrogen-bond donors (Lipinski definition) is 1. The monoisotopic (exact) mass is 444 g/mol. The fourth-order valence-electron chi connectivity index (χ4n) is 2.75. The fourth-order valence-corrected chi connectivity index (χ4v) is 3.30. The number of hydrogen-bond acceptors (Lipinski definition) is 7. The molecular formula is C20H17FN4O5S. The Labute approximate surface area is 180 Å². The number of nitrogens with one attached hydrogen (secondary N) is 1. The van der Waals surface area contributed by atoms with Gasteiger partial charge in [0.1, 0.15) is 11.5 Å². The van der Waals surface area contributed by atoms with Gasteiger partial charge < -0.3 is 10.1 Å². The van der Waals surface area contributed by atoms with Gasteiger partial charge in [-0.1, -0.05) is 17.8 Å². The lowest BCUT2D eigenvalue weighted by Crippen LogP contribution is -2.22. The number of ether oxygens (including phenoxy) is 1. The largest absolute Gasteiger partial charge is 0.451 e. The predicted octanol–water partition coefficient (Wildman–Crippen LogP) is 3.75. The molecule has 0 aliphatic carbocycles. The Morgan fingerprint density at radius 2 is 1.97 bits per heavy atom. The number of imidazole rings is 1. The van der Waals surface area contributed by atoms with E-state index in [1.54, 1.807) is 19.2 Å². The van der Waals surface area contributed by atoms with E-state index in [-0.39, 0.29) is 17.1 Å². The number of amides is 1. The van der Waals surface area contributed by atoms with Crippen molar-refractivity contribution in [3.05, 3.63) is 75.9 Å². The molecule has 1 aromatic heterocycles. The molecule has 0 spiro atoms. The predicted molar refractivity (Wildman–Crippen MR) is 112 cm³/mol. The standard InChI is InChI=1S/C20H17FN4O5S/c1-12-3-8-15(16(9-12)25(28)29)23-18(26)11-30-19(27)17-10-22-20(31-2)24(17)14-6-4-13(21)5-7-14/h3-10H,11H2,1-2H3,(H,23,26). The van der Waals surface area contributed by atoms with Crippen LogP contribution in [0.5, 0.6) is 0 Å². The first-order valence-corrected chi connectivity index (χ1v) is 10.1. The Balaban J connectivity index is 1.73. The number of nitrogens with zero attached hydrogens (tertiary/aromatic N) is 3. The maximum absolute atomic E-state index is 13.3. The van der Waals surface area contributed by atoms with E-state index in [0.29, 0.717) is 16.4 Å². The van der Waals surface area contributed by atoms with E-state index >= 15 is 0 Å². The molecule has 2 aromatic carbocycles. The SMILES string of the molecule is CSc1ncc(C(=O)OCC(=O)Nc2ccc(C)cc2[N+](=O)[O-])n1-c1ccc(F)cc1. The second-order valence-corrected chi connectivity index (χ2v) is 7.12. The van der Waals surface area contributed by atoms with Crippen molar-refractivity contribution in [2.24, 2.45) is 0 Å². The van der Waals surface area contributed by atoms with Crippen molar-refractivity contribution >= 4 is 35.0 Å². The highest BCUT2D eigenvalue weighted by Crippen LogP contribution is 2.25. The lowest BCUT2D eigenvalue weighted by molar-refractivity contribution is -0.384. The normalized spacial score (nSPS) is 10.5. The van der Waals surface area contributed by atoms with Gasteiger partial charge in [0.05, 0.1) is 11.1 Å². The van der Waals surface area contributed by atoms with E-state index in [0.717, 1.165) is 0 Å². The number of aromatic nitrogens is 2. The molecule has 0 aliphatic rings. The third kappa shape index (κ3) is 5.07. The molecule has 0 fully saturated rings. The number of carbonyl (C=O) groups excluding carboxylic acids is 2. The van der Waals surface area contributed by atoms with Gasteiger partial charge in [-0.05, 0) is 49.1 Å². The van der Waals surface area contributed by atoms with Gasteiger partial charge in [0, 0.05) is 11.8 Å². The van der Waals surface area contributed by atoms with Crippen LogP contribution in [-0.4, -0.2) is 39.2 Å². The third-order valence-electron chi connectivity index (χ3n) is 4.16. The zero-order valence-electron chi connectivity index (χ0n) is 16.5. The van der Waals surface area contributed by atoms with E-state index in [4.69, 9.17) is 4.74 Å². The van der Waals surface area contributed by atoms with E-state index < -0.39 is 29.2 Å². The molecule has 3 rings (SSSR count). The smallest absolute Gasteiger partial charge is 0.357 e. The summed E-state index contributed by atoms with van der Waals surface area (Å²) >= 11 is 1.27. The number of nitro groups is 1. The van der Waals surface area contributed by atoms with Gasteiger partial charge in [-0.25, -0.2) is 14.2 Å². The van der Waals surface area contributed by atoms with E-state index in [9.17, 15) is 24.1 Å². The summed E-state index contributed by atoms with van der Waals surface area (Å²) in [5.74, 6) is -2.00. The molecule has 0 unspecified atom stereocenters. The lowest BCUT2D eigenvalue weighted by atomic mass is 10.2. The number of nitro benzene ring substituents is 1. The molecule has 11 heteroatoms. The van der Waals surface area contributed by atoms with Gasteiger partial charge in [-0.3, -0.25) is 19.5 Å². The highest BCUT2D eigenvalue weighted by Gasteiger charge is 2.21. The van der Waals surface area contributed by atoms with Gasteiger partial charge in [0.25, 0.3) is 11.6 Å². The van der Waals surface area contributed by atoms with Crippen molar-refractivity contribution in [1.82, 2.24) is 9.55 Å². The minimum Gasteiger partial charge on any atom is -0.451 e. The first-order valence-electron chi connectivity index (χ1n) is 8.90. The molecule has 0 saturated carbocycles. The van der Waals surface area contributed by atoms with Crippen LogP contribution in [0.1, 0.15) is 16.1 Å². The number of esters is 1. The van der Waals surface area contributed by atoms with E-state index in [1.807, 2.05) is 0 Å². The van der Waals surface area contributed by atoms with Crippen LogP contribution in [0.4, 0.5) is 15.8 Å². The van der Waals surface area contributed by atoms with Crippen LogP contribution in [0.15, 0.2) is 53.8 Å². The van der Waals surface area contributed by atoms with Gasteiger partial charge in [-0.2, -0.15) is 0 Å². The number of benzene rings is 2. The van der Waals surface area contributed by atoms with Crippen LogP contribution < -0.4 is 5.32 Å². The Morgan fingerprint density at radius 3 is 2.61 bits per heavy atom. The summed E-state index contributed by atoms with van der Waals surface area (Å²) in [6, 6.07) is 9.80. The summed E-state index contributed by atoms with van der Waals surface area (Å²) in [7, 11) is 0. The summed E-state index contributed by atoms with van der Waals surface area (Å²) in [5, 5.41) is 14.0. The Kier molecular flexibility index (Phi) is 6.65. The molecule has 9 nitrogen and oxygen atoms in total. The van der Waals surface area contributed by atoms with Crippen LogP contribution in [-0.2, 0) is 9.53 Å². The number of anilines is 1. The molecule has 0 aliphatic heterocycles. The quantitative estimate of drug-likeness (QED) is 0.255. The average Bonchev–Trinajstić information content (AvgIpc) is 3.18. The summed E-state index contributed by atoms with van der Waals surface area (Å²) in [6.07, 6.45) is 3.06. The lowest BCUT2D eigenvalue weighted by Gasteiger charge is -2.11. The Morgan fingerprint density at radius 1 is 1.26 bits per heavy atom. The van der Waals surface area contributed by atoms with Crippen LogP contribution in [0.2, 0.25) is 0 Å². The molecule has 31 heavy (non-hydrogen) atoms. The topological polar surface area (TPSA) is 116 Å². The second-order valence-electron chi connectivity index (χ2n) is 6.34. The number of aryl methyl sites for hydroxylation is 1. The maximum atomic E-state index is 13.3. The summed E-state index contributed by atoms with van der Waals surface area (Å²) in [6.45, 7) is 1.03. The van der Waals surface area contributed by atoms with Crippen LogP contribution in [0.3, 0.4) is 0 Å². The molecule has 1 heterocycles. The van der Waals surface area contributed by atoms with Crippen molar-refractivity contribution in [3.63, 3.8) is 0 Å². The Bertz CT molecular complexity index is 1150.